The van der Waals surface area contributed by atoms with Gasteiger partial charge in [-0.15, -0.1) is 0 Å². The van der Waals surface area contributed by atoms with Crippen LogP contribution in [0.25, 0.3) is 22.2 Å². The molecule has 0 bridgehead atoms. The molecule has 0 fully saturated rings. The molecule has 0 unspecified atom stereocenters. The first kappa shape index (κ1) is 11.9. The smallest absolute Gasteiger partial charge is 0.299 e. The van der Waals surface area contributed by atoms with E-state index in [9.17, 15) is 5.21 Å². The first-order valence-corrected chi connectivity index (χ1v) is 6.29. The summed E-state index contributed by atoms with van der Waals surface area (Å²) in [5.74, 6) is 0.425. The molecule has 0 N–H and O–H groups in total. The summed E-state index contributed by atoms with van der Waals surface area (Å²) in [4.78, 5) is 4.40. The SMILES string of the molecule is Cc1nc(-c2ccccc2)c2cc(Cl)ccc2[n+]1[O-]. The van der Waals surface area contributed by atoms with Gasteiger partial charge in [0.1, 0.15) is 5.52 Å². The van der Waals surface area contributed by atoms with Gasteiger partial charge in [-0.3, -0.25) is 0 Å². The van der Waals surface area contributed by atoms with Crippen LogP contribution in [-0.4, -0.2) is 4.98 Å². The zero-order chi connectivity index (χ0) is 13.4. The average molecular weight is 271 g/mol. The fourth-order valence-corrected chi connectivity index (χ4v) is 2.30. The lowest BCUT2D eigenvalue weighted by Gasteiger charge is -2.10. The van der Waals surface area contributed by atoms with Gasteiger partial charge in [-0.2, -0.15) is 0 Å². The van der Waals surface area contributed by atoms with Gasteiger partial charge in [0.15, 0.2) is 5.69 Å². The number of hydrogen-bond acceptors (Lipinski definition) is 2. The van der Waals surface area contributed by atoms with Crippen molar-refractivity contribution in [3.05, 3.63) is 64.6 Å². The van der Waals surface area contributed by atoms with E-state index in [4.69, 9.17) is 11.6 Å². The quantitative estimate of drug-likeness (QED) is 0.501. The largest absolute Gasteiger partial charge is 0.710 e. The molecule has 1 heterocycles. The molecule has 0 atom stereocenters. The number of rotatable bonds is 1. The van der Waals surface area contributed by atoms with Crippen LogP contribution in [0, 0.1) is 12.1 Å². The average Bonchev–Trinajstić information content (AvgIpc) is 2.43. The van der Waals surface area contributed by atoms with E-state index < -0.39 is 0 Å². The number of aromatic nitrogens is 2. The highest BCUT2D eigenvalue weighted by Gasteiger charge is 2.16. The summed E-state index contributed by atoms with van der Waals surface area (Å²) in [6.45, 7) is 1.70. The Bertz CT molecular complexity index is 757. The van der Waals surface area contributed by atoms with E-state index in [1.54, 1.807) is 25.1 Å². The summed E-state index contributed by atoms with van der Waals surface area (Å²) in [6.07, 6.45) is 0. The van der Waals surface area contributed by atoms with E-state index in [0.29, 0.717) is 16.4 Å². The molecule has 0 saturated heterocycles. The molecule has 3 nitrogen and oxygen atoms in total. The molecule has 0 aliphatic rings. The number of hydrogen-bond donors (Lipinski definition) is 0. The molecule has 3 rings (SSSR count). The van der Waals surface area contributed by atoms with E-state index in [0.717, 1.165) is 21.4 Å². The number of benzene rings is 2. The van der Waals surface area contributed by atoms with Gasteiger partial charge in [-0.05, 0) is 23.2 Å². The van der Waals surface area contributed by atoms with Crippen molar-refractivity contribution < 1.29 is 4.73 Å². The van der Waals surface area contributed by atoms with Crippen LogP contribution < -0.4 is 4.73 Å². The van der Waals surface area contributed by atoms with E-state index in [2.05, 4.69) is 4.98 Å². The van der Waals surface area contributed by atoms with Crippen molar-refractivity contribution >= 4 is 22.5 Å². The first-order chi connectivity index (χ1) is 9.16. The maximum atomic E-state index is 12.0. The first-order valence-electron chi connectivity index (χ1n) is 5.91. The topological polar surface area (TPSA) is 39.8 Å². The number of aryl methyl sites for hydroxylation is 1. The molecule has 2 aromatic carbocycles. The molecule has 0 amide bonds. The Morgan fingerprint density at radius 1 is 1.11 bits per heavy atom. The number of halogens is 1. The lowest BCUT2D eigenvalue weighted by molar-refractivity contribution is -0.587. The van der Waals surface area contributed by atoms with Crippen molar-refractivity contribution in [3.8, 4) is 11.3 Å². The highest BCUT2D eigenvalue weighted by Crippen LogP contribution is 2.27. The maximum Gasteiger partial charge on any atom is 0.299 e. The summed E-state index contributed by atoms with van der Waals surface area (Å²) in [5, 5.41) is 13.4. The number of fused-ring (bicyclic) bond motifs is 1. The molecule has 4 heteroatoms. The van der Waals surface area contributed by atoms with Crippen molar-refractivity contribution in [3.63, 3.8) is 0 Å². The zero-order valence-corrected chi connectivity index (χ0v) is 11.1. The van der Waals surface area contributed by atoms with Crippen LogP contribution in [0.5, 0.6) is 0 Å². The molecular weight excluding hydrogens is 260 g/mol. The van der Waals surface area contributed by atoms with Crippen LogP contribution >= 0.6 is 11.6 Å². The molecule has 94 valence electrons. The fourth-order valence-electron chi connectivity index (χ4n) is 2.13. The van der Waals surface area contributed by atoms with Crippen molar-refractivity contribution in [1.29, 1.82) is 0 Å². The molecule has 0 aliphatic carbocycles. The van der Waals surface area contributed by atoms with Crippen LogP contribution in [0.15, 0.2) is 48.5 Å². The van der Waals surface area contributed by atoms with Crippen LogP contribution in [-0.2, 0) is 0 Å². The molecule has 0 radical (unpaired) electrons. The van der Waals surface area contributed by atoms with Crippen LogP contribution in [0.1, 0.15) is 5.82 Å². The predicted molar refractivity (Wildman–Crippen MR) is 75.9 cm³/mol. The number of nitrogens with zero attached hydrogens (tertiary/aromatic N) is 2. The molecule has 19 heavy (non-hydrogen) atoms. The van der Waals surface area contributed by atoms with Crippen molar-refractivity contribution in [2.75, 3.05) is 0 Å². The summed E-state index contributed by atoms with van der Waals surface area (Å²) in [7, 11) is 0. The Kier molecular flexibility index (Phi) is 2.84. The zero-order valence-electron chi connectivity index (χ0n) is 10.3. The van der Waals surface area contributed by atoms with E-state index >= 15 is 0 Å². The Hall–Kier alpha value is -2.13. The monoisotopic (exact) mass is 270 g/mol. The Morgan fingerprint density at radius 3 is 2.58 bits per heavy atom. The highest BCUT2D eigenvalue weighted by molar-refractivity contribution is 6.31. The molecule has 0 saturated carbocycles. The van der Waals surface area contributed by atoms with Gasteiger partial charge in [0, 0.05) is 17.5 Å². The van der Waals surface area contributed by atoms with Crippen LogP contribution in [0.2, 0.25) is 5.02 Å². The van der Waals surface area contributed by atoms with Gasteiger partial charge in [0.2, 0.25) is 0 Å². The van der Waals surface area contributed by atoms with Crippen molar-refractivity contribution in [2.24, 2.45) is 0 Å². The molecule has 3 aromatic rings. The summed E-state index contributed by atoms with van der Waals surface area (Å²) >= 11 is 6.03. The predicted octanol–water partition coefficient (Wildman–Crippen LogP) is 3.50. The van der Waals surface area contributed by atoms with Gasteiger partial charge in [0.05, 0.1) is 5.39 Å². The van der Waals surface area contributed by atoms with Gasteiger partial charge >= 0.3 is 0 Å². The van der Waals surface area contributed by atoms with Gasteiger partial charge in [-0.1, -0.05) is 41.9 Å². The molecule has 0 aliphatic heterocycles. The third-order valence-electron chi connectivity index (χ3n) is 3.05. The second-order valence-corrected chi connectivity index (χ2v) is 4.77. The Morgan fingerprint density at radius 2 is 1.84 bits per heavy atom. The lowest BCUT2D eigenvalue weighted by Crippen LogP contribution is -2.32. The highest BCUT2D eigenvalue weighted by atomic mass is 35.5. The minimum atomic E-state index is 0.425. The fraction of sp³-hybridized carbons (Fsp3) is 0.0667. The summed E-state index contributed by atoms with van der Waals surface area (Å²) in [6, 6.07) is 15.0. The van der Waals surface area contributed by atoms with E-state index in [-0.39, 0.29) is 0 Å². The third kappa shape index (κ3) is 2.02. The Balaban J connectivity index is 2.42. The minimum Gasteiger partial charge on any atom is -0.710 e. The second-order valence-electron chi connectivity index (χ2n) is 4.33. The third-order valence-corrected chi connectivity index (χ3v) is 3.28. The molecule has 1 aromatic heterocycles. The van der Waals surface area contributed by atoms with Crippen molar-refractivity contribution in [1.82, 2.24) is 4.98 Å². The van der Waals surface area contributed by atoms with E-state index in [1.165, 1.54) is 0 Å². The van der Waals surface area contributed by atoms with Gasteiger partial charge in [0.25, 0.3) is 5.82 Å². The van der Waals surface area contributed by atoms with Crippen LogP contribution in [0.3, 0.4) is 0 Å². The van der Waals surface area contributed by atoms with E-state index in [1.807, 2.05) is 30.3 Å². The van der Waals surface area contributed by atoms with Gasteiger partial charge in [-0.25, -0.2) is 4.73 Å². The summed E-state index contributed by atoms with van der Waals surface area (Å²) in [5.41, 5.74) is 2.33. The normalized spacial score (nSPS) is 10.8. The molecular formula is C15H11ClN2O. The van der Waals surface area contributed by atoms with Crippen molar-refractivity contribution in [2.45, 2.75) is 6.92 Å². The van der Waals surface area contributed by atoms with Crippen LogP contribution in [0.4, 0.5) is 0 Å². The Labute approximate surface area is 115 Å². The maximum absolute atomic E-state index is 12.0. The summed E-state index contributed by atoms with van der Waals surface area (Å²) < 4.78 is 0.831. The van der Waals surface area contributed by atoms with Gasteiger partial charge < -0.3 is 5.21 Å². The lowest BCUT2D eigenvalue weighted by atomic mass is 10.1. The standard InChI is InChI=1S/C15H11ClN2O/c1-10-17-15(11-5-3-2-4-6-11)13-9-12(16)7-8-14(13)18(10)19/h2-9H,1H3. The second kappa shape index (κ2) is 4.52. The minimum absolute atomic E-state index is 0.425. The molecule has 0 spiro atoms.